The van der Waals surface area contributed by atoms with Gasteiger partial charge in [0.15, 0.2) is 0 Å². The molecule has 1 heterocycles. The molecule has 2 aromatic rings. The summed E-state index contributed by atoms with van der Waals surface area (Å²) in [5.41, 5.74) is 7.99. The van der Waals surface area contributed by atoms with Crippen molar-refractivity contribution in [2.24, 2.45) is 5.73 Å². The van der Waals surface area contributed by atoms with Gasteiger partial charge >= 0.3 is 0 Å². The number of ether oxygens (including phenoxy) is 1. The lowest BCUT2D eigenvalue weighted by Crippen LogP contribution is -2.44. The third-order valence-electron chi connectivity index (χ3n) is 4.54. The lowest BCUT2D eigenvalue weighted by atomic mass is 10.1. The molecule has 1 aliphatic heterocycles. The highest BCUT2D eigenvalue weighted by Crippen LogP contribution is 2.16. The Bertz CT molecular complexity index is 792. The molecule has 1 fully saturated rings. The Hall–Kier alpha value is -2.70. The van der Waals surface area contributed by atoms with E-state index in [-0.39, 0.29) is 18.1 Å². The lowest BCUT2D eigenvalue weighted by Gasteiger charge is -2.35. The molecule has 0 radical (unpaired) electrons. The molecule has 0 aliphatic carbocycles. The number of nitrogens with two attached hydrogens (primary N) is 1. The van der Waals surface area contributed by atoms with Crippen LogP contribution in [-0.4, -0.2) is 42.0 Å². The molecule has 6 nitrogen and oxygen atoms in total. The van der Waals surface area contributed by atoms with Crippen LogP contribution in [0.4, 0.5) is 5.69 Å². The minimum atomic E-state index is -0.493. The Morgan fingerprint density at radius 1 is 1.00 bits per heavy atom. The van der Waals surface area contributed by atoms with Crippen molar-refractivity contribution in [1.29, 1.82) is 0 Å². The first-order chi connectivity index (χ1) is 12.9. The molecule has 6 heteroatoms. The standard InChI is InChI=1S/C21H25N3O3/c1-14-11-24(12-15(2)27-14)13-16-3-5-18(6-4-16)21(26)23-19-9-7-17(8-10-19)20(22)25/h3-10,14-15H,11-13H2,1-2H3,(H2,22,25)(H,23,26)/t14-,15-/m1/s1. The number of nitrogens with one attached hydrogen (secondary N) is 1. The van der Waals surface area contributed by atoms with E-state index >= 15 is 0 Å². The number of hydrogen-bond acceptors (Lipinski definition) is 4. The number of carbonyl (C=O) groups is 2. The van der Waals surface area contributed by atoms with Gasteiger partial charge in [-0.1, -0.05) is 12.1 Å². The summed E-state index contributed by atoms with van der Waals surface area (Å²) in [6.07, 6.45) is 0.472. The number of hydrogen-bond donors (Lipinski definition) is 2. The highest BCUT2D eigenvalue weighted by atomic mass is 16.5. The fraction of sp³-hybridized carbons (Fsp3) is 0.333. The number of rotatable bonds is 5. The van der Waals surface area contributed by atoms with Gasteiger partial charge in [0.1, 0.15) is 0 Å². The van der Waals surface area contributed by atoms with Gasteiger partial charge < -0.3 is 15.8 Å². The summed E-state index contributed by atoms with van der Waals surface area (Å²) < 4.78 is 5.76. The number of anilines is 1. The number of benzene rings is 2. The van der Waals surface area contributed by atoms with E-state index < -0.39 is 5.91 Å². The predicted molar refractivity (Wildman–Crippen MR) is 105 cm³/mol. The maximum atomic E-state index is 12.4. The third kappa shape index (κ3) is 5.15. The average Bonchev–Trinajstić information content (AvgIpc) is 2.62. The monoisotopic (exact) mass is 367 g/mol. The Morgan fingerprint density at radius 3 is 2.11 bits per heavy atom. The van der Waals surface area contributed by atoms with Crippen LogP contribution in [0, 0.1) is 0 Å². The molecule has 0 spiro atoms. The van der Waals surface area contributed by atoms with E-state index in [1.807, 2.05) is 24.3 Å². The first-order valence-electron chi connectivity index (χ1n) is 9.08. The first-order valence-corrected chi connectivity index (χ1v) is 9.08. The van der Waals surface area contributed by atoms with Crippen molar-refractivity contribution in [3.63, 3.8) is 0 Å². The van der Waals surface area contributed by atoms with Gasteiger partial charge in [-0.05, 0) is 55.8 Å². The van der Waals surface area contributed by atoms with E-state index in [1.54, 1.807) is 24.3 Å². The molecular weight excluding hydrogens is 342 g/mol. The largest absolute Gasteiger partial charge is 0.373 e. The van der Waals surface area contributed by atoms with Gasteiger partial charge in [0.2, 0.25) is 5.91 Å². The van der Waals surface area contributed by atoms with E-state index in [0.717, 1.165) is 19.6 Å². The van der Waals surface area contributed by atoms with Gasteiger partial charge in [-0.2, -0.15) is 0 Å². The summed E-state index contributed by atoms with van der Waals surface area (Å²) in [5, 5.41) is 2.82. The first kappa shape index (κ1) is 19.1. The van der Waals surface area contributed by atoms with Crippen molar-refractivity contribution in [2.45, 2.75) is 32.6 Å². The number of carbonyl (C=O) groups excluding carboxylic acids is 2. The zero-order chi connectivity index (χ0) is 19.4. The highest BCUT2D eigenvalue weighted by molar-refractivity contribution is 6.04. The van der Waals surface area contributed by atoms with Crippen LogP contribution in [0.15, 0.2) is 48.5 Å². The minimum absolute atomic E-state index is 0.193. The van der Waals surface area contributed by atoms with Crippen molar-refractivity contribution < 1.29 is 14.3 Å². The molecular formula is C21H25N3O3. The smallest absolute Gasteiger partial charge is 0.255 e. The Balaban J connectivity index is 1.59. The molecule has 0 aromatic heterocycles. The summed E-state index contributed by atoms with van der Waals surface area (Å²) in [6.45, 7) is 6.84. The van der Waals surface area contributed by atoms with E-state index in [9.17, 15) is 9.59 Å². The molecule has 1 saturated heterocycles. The molecule has 1 aliphatic rings. The molecule has 27 heavy (non-hydrogen) atoms. The molecule has 2 aromatic carbocycles. The van der Waals surface area contributed by atoms with Crippen molar-refractivity contribution in [1.82, 2.24) is 4.90 Å². The predicted octanol–water partition coefficient (Wildman–Crippen LogP) is 2.65. The van der Waals surface area contributed by atoms with E-state index in [4.69, 9.17) is 10.5 Å². The summed E-state index contributed by atoms with van der Waals surface area (Å²) in [4.78, 5) is 25.9. The van der Waals surface area contributed by atoms with Crippen LogP contribution >= 0.6 is 0 Å². The maximum absolute atomic E-state index is 12.4. The molecule has 2 atom stereocenters. The maximum Gasteiger partial charge on any atom is 0.255 e. The Labute approximate surface area is 159 Å². The summed E-state index contributed by atoms with van der Waals surface area (Å²) >= 11 is 0. The third-order valence-corrected chi connectivity index (χ3v) is 4.54. The average molecular weight is 367 g/mol. The minimum Gasteiger partial charge on any atom is -0.373 e. The molecule has 0 unspecified atom stereocenters. The van der Waals surface area contributed by atoms with Gasteiger partial charge in [0.25, 0.3) is 5.91 Å². The molecule has 0 bridgehead atoms. The normalized spacial score (nSPS) is 20.2. The molecule has 3 rings (SSSR count). The van der Waals surface area contributed by atoms with Crippen LogP contribution in [0.25, 0.3) is 0 Å². The van der Waals surface area contributed by atoms with Crippen molar-refractivity contribution in [3.8, 4) is 0 Å². The summed E-state index contributed by atoms with van der Waals surface area (Å²) in [7, 11) is 0. The van der Waals surface area contributed by atoms with Gasteiger partial charge in [-0.3, -0.25) is 14.5 Å². The topological polar surface area (TPSA) is 84.7 Å². The van der Waals surface area contributed by atoms with E-state index in [0.29, 0.717) is 16.8 Å². The fourth-order valence-corrected chi connectivity index (χ4v) is 3.35. The molecule has 142 valence electrons. The molecule has 0 saturated carbocycles. The van der Waals surface area contributed by atoms with Gasteiger partial charge in [-0.15, -0.1) is 0 Å². The van der Waals surface area contributed by atoms with Crippen molar-refractivity contribution in [2.75, 3.05) is 18.4 Å². The van der Waals surface area contributed by atoms with Crippen LogP contribution in [0.1, 0.15) is 40.1 Å². The fourth-order valence-electron chi connectivity index (χ4n) is 3.35. The van der Waals surface area contributed by atoms with Crippen LogP contribution in [0.2, 0.25) is 0 Å². The zero-order valence-corrected chi connectivity index (χ0v) is 15.6. The van der Waals surface area contributed by atoms with Gasteiger partial charge in [-0.25, -0.2) is 0 Å². The van der Waals surface area contributed by atoms with Crippen LogP contribution < -0.4 is 11.1 Å². The second-order valence-electron chi connectivity index (χ2n) is 7.04. The quantitative estimate of drug-likeness (QED) is 0.851. The summed E-state index contributed by atoms with van der Waals surface area (Å²) in [6, 6.07) is 14.1. The highest BCUT2D eigenvalue weighted by Gasteiger charge is 2.22. The second kappa shape index (κ2) is 8.33. The molecule has 2 amide bonds. The lowest BCUT2D eigenvalue weighted by molar-refractivity contribution is -0.0704. The van der Waals surface area contributed by atoms with Crippen molar-refractivity contribution in [3.05, 3.63) is 65.2 Å². The van der Waals surface area contributed by atoms with Crippen LogP contribution in [0.5, 0.6) is 0 Å². The summed E-state index contributed by atoms with van der Waals surface area (Å²) in [5.74, 6) is -0.686. The van der Waals surface area contributed by atoms with Crippen molar-refractivity contribution >= 4 is 17.5 Å². The SMILES string of the molecule is C[C@@H]1CN(Cc2ccc(C(=O)Nc3ccc(C(N)=O)cc3)cc2)C[C@@H](C)O1. The Morgan fingerprint density at radius 2 is 1.56 bits per heavy atom. The zero-order valence-electron chi connectivity index (χ0n) is 15.6. The van der Waals surface area contributed by atoms with Crippen LogP contribution in [0.3, 0.4) is 0 Å². The Kier molecular flexibility index (Phi) is 5.88. The number of primary amides is 1. The number of morpholine rings is 1. The van der Waals surface area contributed by atoms with E-state index in [2.05, 4.69) is 24.1 Å². The van der Waals surface area contributed by atoms with Crippen LogP contribution in [-0.2, 0) is 11.3 Å². The second-order valence-corrected chi connectivity index (χ2v) is 7.04. The van der Waals surface area contributed by atoms with E-state index in [1.165, 1.54) is 5.56 Å². The number of nitrogens with zero attached hydrogens (tertiary/aromatic N) is 1. The molecule has 3 N–H and O–H groups in total. The number of amides is 2. The van der Waals surface area contributed by atoms with Gasteiger partial charge in [0.05, 0.1) is 12.2 Å². The van der Waals surface area contributed by atoms with Gasteiger partial charge in [0, 0.05) is 36.4 Å².